The molecule has 0 aliphatic carbocycles. The molecule has 0 spiro atoms. The average Bonchev–Trinajstić information content (AvgIpc) is 2.78. The molecule has 1 aliphatic rings. The van der Waals surface area contributed by atoms with E-state index in [-0.39, 0.29) is 24.2 Å². The van der Waals surface area contributed by atoms with Gasteiger partial charge in [0.2, 0.25) is 0 Å². The molecule has 0 saturated carbocycles. The number of rotatable bonds is 8. The first-order valence-corrected chi connectivity index (χ1v) is 10.4. The minimum Gasteiger partial charge on any atom is -0.484 e. The summed E-state index contributed by atoms with van der Waals surface area (Å²) < 4.78 is 18.5. The first-order chi connectivity index (χ1) is 14.9. The maximum atomic E-state index is 13.1. The van der Waals surface area contributed by atoms with E-state index in [1.165, 1.54) is 17.0 Å². The van der Waals surface area contributed by atoms with Crippen LogP contribution in [0.5, 0.6) is 5.75 Å². The number of hydrogen-bond donors (Lipinski definition) is 1. The number of benzene rings is 2. The Morgan fingerprint density at radius 1 is 1.06 bits per heavy atom. The summed E-state index contributed by atoms with van der Waals surface area (Å²) in [5.41, 5.74) is 1.53. The van der Waals surface area contributed by atoms with E-state index in [4.69, 9.17) is 4.74 Å². The molecule has 0 unspecified atom stereocenters. The molecule has 31 heavy (non-hydrogen) atoms. The molecule has 2 aromatic carbocycles. The fourth-order valence-electron chi connectivity index (χ4n) is 3.31. The number of anilines is 1. The summed E-state index contributed by atoms with van der Waals surface area (Å²) in [7, 11) is 3.33. The van der Waals surface area contributed by atoms with Crippen LogP contribution in [0.15, 0.2) is 48.5 Å². The Labute approximate surface area is 182 Å². The van der Waals surface area contributed by atoms with Gasteiger partial charge in [0.05, 0.1) is 0 Å². The van der Waals surface area contributed by atoms with Crippen molar-refractivity contribution in [1.29, 1.82) is 0 Å². The molecular weight excluding hydrogens is 399 g/mol. The summed E-state index contributed by atoms with van der Waals surface area (Å²) in [5.74, 6) is -0.0549. The summed E-state index contributed by atoms with van der Waals surface area (Å²) in [6.45, 7) is 4.74. The number of carbonyl (C=O) groups is 2. The average molecular weight is 429 g/mol. The predicted octanol–water partition coefficient (Wildman–Crippen LogP) is 1.84. The molecule has 2 amide bonds. The third-order valence-electron chi connectivity index (χ3n) is 5.23. The molecule has 2 aromatic rings. The minimum atomic E-state index is -0.225. The third kappa shape index (κ3) is 6.68. The van der Waals surface area contributed by atoms with E-state index in [0.29, 0.717) is 17.9 Å². The standard InChI is InChI=1S/C23H29FN4O3/c1-26(2)22(29)17-31-21-5-3-4-18(16-21)23(30)25-10-11-27-12-14-28(15-13-27)20-8-6-19(24)7-9-20/h3-9,16H,10-15,17H2,1-2H3,(H,25,30). The molecule has 0 radical (unpaired) electrons. The van der Waals surface area contributed by atoms with Crippen LogP contribution < -0.4 is 15.0 Å². The van der Waals surface area contributed by atoms with Crippen LogP contribution in [0, 0.1) is 5.82 Å². The van der Waals surface area contributed by atoms with Crippen LogP contribution in [0.3, 0.4) is 0 Å². The zero-order valence-electron chi connectivity index (χ0n) is 18.0. The number of piperazine rings is 1. The van der Waals surface area contributed by atoms with E-state index in [0.717, 1.165) is 38.4 Å². The monoisotopic (exact) mass is 428 g/mol. The lowest BCUT2D eigenvalue weighted by Gasteiger charge is -2.36. The third-order valence-corrected chi connectivity index (χ3v) is 5.23. The number of nitrogens with zero attached hydrogens (tertiary/aromatic N) is 3. The van der Waals surface area contributed by atoms with E-state index in [2.05, 4.69) is 15.1 Å². The summed E-state index contributed by atoms with van der Waals surface area (Å²) in [4.78, 5) is 30.1. The molecule has 1 saturated heterocycles. The highest BCUT2D eigenvalue weighted by Crippen LogP contribution is 2.17. The van der Waals surface area contributed by atoms with Gasteiger partial charge in [0.1, 0.15) is 11.6 Å². The molecule has 1 aliphatic heterocycles. The molecular formula is C23H29FN4O3. The number of carbonyl (C=O) groups excluding carboxylic acids is 2. The van der Waals surface area contributed by atoms with Gasteiger partial charge in [0.15, 0.2) is 6.61 Å². The molecule has 1 heterocycles. The minimum absolute atomic E-state index is 0.0675. The molecule has 1 fully saturated rings. The van der Waals surface area contributed by atoms with E-state index in [1.54, 1.807) is 50.5 Å². The fraction of sp³-hybridized carbons (Fsp3) is 0.391. The first-order valence-electron chi connectivity index (χ1n) is 10.4. The van der Waals surface area contributed by atoms with Gasteiger partial charge in [-0.3, -0.25) is 14.5 Å². The van der Waals surface area contributed by atoms with Crippen molar-refractivity contribution in [2.75, 3.05) is 64.9 Å². The van der Waals surface area contributed by atoms with Crippen molar-refractivity contribution in [2.24, 2.45) is 0 Å². The van der Waals surface area contributed by atoms with Gasteiger partial charge in [-0.2, -0.15) is 0 Å². The highest BCUT2D eigenvalue weighted by Gasteiger charge is 2.17. The molecule has 8 heteroatoms. The van der Waals surface area contributed by atoms with Crippen molar-refractivity contribution in [2.45, 2.75) is 0 Å². The van der Waals surface area contributed by atoms with Crippen molar-refractivity contribution >= 4 is 17.5 Å². The van der Waals surface area contributed by atoms with Gasteiger partial charge in [-0.05, 0) is 42.5 Å². The SMILES string of the molecule is CN(C)C(=O)COc1cccc(C(=O)NCCN2CCN(c3ccc(F)cc3)CC2)c1. The van der Waals surface area contributed by atoms with Gasteiger partial charge in [0, 0.05) is 64.6 Å². The number of nitrogens with one attached hydrogen (secondary N) is 1. The lowest BCUT2D eigenvalue weighted by molar-refractivity contribution is -0.130. The van der Waals surface area contributed by atoms with Gasteiger partial charge in [-0.1, -0.05) is 6.07 Å². The molecule has 0 aromatic heterocycles. The smallest absolute Gasteiger partial charge is 0.259 e. The Morgan fingerprint density at radius 3 is 2.45 bits per heavy atom. The van der Waals surface area contributed by atoms with Crippen LogP contribution in [0.1, 0.15) is 10.4 Å². The van der Waals surface area contributed by atoms with Crippen LogP contribution in [0.25, 0.3) is 0 Å². The number of amides is 2. The zero-order valence-corrected chi connectivity index (χ0v) is 18.0. The van der Waals surface area contributed by atoms with Gasteiger partial charge in [-0.15, -0.1) is 0 Å². The fourth-order valence-corrected chi connectivity index (χ4v) is 3.31. The van der Waals surface area contributed by atoms with Crippen LogP contribution in [-0.2, 0) is 4.79 Å². The summed E-state index contributed by atoms with van der Waals surface area (Å²) in [5, 5.41) is 2.94. The quantitative estimate of drug-likeness (QED) is 0.695. The topological polar surface area (TPSA) is 65.1 Å². The molecule has 3 rings (SSSR count). The number of ether oxygens (including phenoxy) is 1. The van der Waals surface area contributed by atoms with E-state index >= 15 is 0 Å². The molecule has 7 nitrogen and oxygen atoms in total. The van der Waals surface area contributed by atoms with Gasteiger partial charge in [0.25, 0.3) is 11.8 Å². The van der Waals surface area contributed by atoms with Gasteiger partial charge < -0.3 is 19.9 Å². The highest BCUT2D eigenvalue weighted by atomic mass is 19.1. The van der Waals surface area contributed by atoms with Crippen molar-refractivity contribution in [3.05, 3.63) is 59.9 Å². The Kier molecular flexibility index (Phi) is 7.83. The largest absolute Gasteiger partial charge is 0.484 e. The van der Waals surface area contributed by atoms with Crippen LogP contribution in [0.4, 0.5) is 10.1 Å². The van der Waals surface area contributed by atoms with Crippen molar-refractivity contribution in [3.8, 4) is 5.75 Å². The molecule has 0 atom stereocenters. The van der Waals surface area contributed by atoms with Crippen molar-refractivity contribution < 1.29 is 18.7 Å². The Bertz CT molecular complexity index is 881. The number of likely N-dealkylation sites (N-methyl/N-ethyl adjacent to an activating group) is 1. The Hall–Kier alpha value is -3.13. The van der Waals surface area contributed by atoms with Gasteiger partial charge in [-0.25, -0.2) is 4.39 Å². The zero-order chi connectivity index (χ0) is 22.2. The van der Waals surface area contributed by atoms with Crippen molar-refractivity contribution in [3.63, 3.8) is 0 Å². The normalized spacial score (nSPS) is 14.2. The molecule has 0 bridgehead atoms. The van der Waals surface area contributed by atoms with Crippen LogP contribution in [0.2, 0.25) is 0 Å². The molecule has 166 valence electrons. The summed E-state index contributed by atoms with van der Waals surface area (Å²) in [6.07, 6.45) is 0. The van der Waals surface area contributed by atoms with E-state index < -0.39 is 0 Å². The summed E-state index contributed by atoms with van der Waals surface area (Å²) in [6, 6.07) is 13.4. The van der Waals surface area contributed by atoms with Gasteiger partial charge >= 0.3 is 0 Å². The lowest BCUT2D eigenvalue weighted by atomic mass is 10.2. The second kappa shape index (κ2) is 10.8. The van der Waals surface area contributed by atoms with Crippen molar-refractivity contribution in [1.82, 2.24) is 15.1 Å². The Morgan fingerprint density at radius 2 is 1.77 bits per heavy atom. The predicted molar refractivity (Wildman–Crippen MR) is 118 cm³/mol. The van der Waals surface area contributed by atoms with Crippen LogP contribution >= 0.6 is 0 Å². The summed E-state index contributed by atoms with van der Waals surface area (Å²) >= 11 is 0. The maximum Gasteiger partial charge on any atom is 0.259 e. The van der Waals surface area contributed by atoms with E-state index in [1.807, 2.05) is 0 Å². The van der Waals surface area contributed by atoms with E-state index in [9.17, 15) is 14.0 Å². The maximum absolute atomic E-state index is 13.1. The number of hydrogen-bond acceptors (Lipinski definition) is 5. The molecule has 1 N–H and O–H groups in total. The second-order valence-electron chi connectivity index (χ2n) is 7.67. The lowest BCUT2D eigenvalue weighted by Crippen LogP contribution is -2.48. The second-order valence-corrected chi connectivity index (χ2v) is 7.67. The van der Waals surface area contributed by atoms with Crippen LogP contribution in [-0.4, -0.2) is 81.6 Å². The Balaban J connectivity index is 1.40. The highest BCUT2D eigenvalue weighted by molar-refractivity contribution is 5.94. The number of halogens is 1. The first kappa shape index (κ1) is 22.6.